The number of hydrogen-bond donors (Lipinski definition) is 0. The summed E-state index contributed by atoms with van der Waals surface area (Å²) in [5.41, 5.74) is 2.87. The van der Waals surface area contributed by atoms with Gasteiger partial charge < -0.3 is 4.74 Å². The molecule has 0 radical (unpaired) electrons. The number of carbonyl (C=O) groups excluding carboxylic acids is 1. The number of hydrazone groups is 1. The number of ether oxygens (including phenoxy) is 1. The summed E-state index contributed by atoms with van der Waals surface area (Å²) < 4.78 is 5.18. The Labute approximate surface area is 176 Å². The number of benzene rings is 2. The van der Waals surface area contributed by atoms with E-state index in [0.29, 0.717) is 21.6 Å². The van der Waals surface area contributed by atoms with Crippen molar-refractivity contribution in [3.05, 3.63) is 58.9 Å². The first-order chi connectivity index (χ1) is 14.0. The number of amides is 1. The van der Waals surface area contributed by atoms with Gasteiger partial charge in [-0.2, -0.15) is 20.3 Å². The van der Waals surface area contributed by atoms with Gasteiger partial charge in [-0.25, -0.2) is 4.98 Å². The van der Waals surface area contributed by atoms with Crippen molar-refractivity contribution in [1.29, 1.82) is 0 Å². The van der Waals surface area contributed by atoms with Crippen LogP contribution in [0, 0.1) is 0 Å². The number of methoxy groups -OCH3 is 1. The highest BCUT2D eigenvalue weighted by atomic mass is 35.5. The van der Waals surface area contributed by atoms with E-state index >= 15 is 0 Å². The third-order valence-electron chi connectivity index (χ3n) is 4.27. The maximum atomic E-state index is 12.8. The van der Waals surface area contributed by atoms with Crippen LogP contribution in [-0.4, -0.2) is 29.8 Å². The molecule has 29 heavy (non-hydrogen) atoms. The van der Waals surface area contributed by atoms with E-state index < -0.39 is 6.04 Å². The number of anilines is 1. The molecule has 4 rings (SSSR count). The van der Waals surface area contributed by atoms with Crippen LogP contribution in [0.1, 0.15) is 6.92 Å². The van der Waals surface area contributed by atoms with E-state index in [1.54, 1.807) is 38.3 Å². The van der Waals surface area contributed by atoms with Gasteiger partial charge in [0.2, 0.25) is 5.13 Å². The van der Waals surface area contributed by atoms with Crippen LogP contribution in [0.25, 0.3) is 11.3 Å². The molecule has 0 aliphatic carbocycles. The van der Waals surface area contributed by atoms with Gasteiger partial charge >= 0.3 is 0 Å². The average molecular weight is 426 g/mol. The molecule has 0 saturated heterocycles. The van der Waals surface area contributed by atoms with Crippen LogP contribution in [0.5, 0.6) is 5.75 Å². The molecule has 1 aromatic heterocycles. The highest BCUT2D eigenvalue weighted by molar-refractivity contribution is 7.14. The molecule has 1 aliphatic heterocycles. The maximum absolute atomic E-state index is 12.8. The first-order valence-electron chi connectivity index (χ1n) is 8.70. The Bertz CT molecular complexity index is 1090. The molecular weight excluding hydrogens is 410 g/mol. The number of nitrogens with zero attached hydrogens (tertiary/aromatic N) is 5. The van der Waals surface area contributed by atoms with Crippen molar-refractivity contribution in [2.24, 2.45) is 15.3 Å². The van der Waals surface area contributed by atoms with E-state index in [1.165, 1.54) is 16.3 Å². The number of azo groups is 1. The summed E-state index contributed by atoms with van der Waals surface area (Å²) in [5, 5.41) is 16.9. The first-order valence-corrected chi connectivity index (χ1v) is 9.96. The van der Waals surface area contributed by atoms with Crippen LogP contribution in [-0.2, 0) is 4.79 Å². The SMILES string of the molecule is COc1ccc(-c2csc(N3N=C(C)C(N=Nc4ccc(Cl)cc4)C3=O)n2)cc1. The fourth-order valence-electron chi connectivity index (χ4n) is 2.71. The predicted octanol–water partition coefficient (Wildman–Crippen LogP) is 5.35. The molecule has 0 spiro atoms. The molecule has 1 aliphatic rings. The summed E-state index contributed by atoms with van der Waals surface area (Å²) in [6.07, 6.45) is 0. The molecule has 0 saturated carbocycles. The van der Waals surface area contributed by atoms with Crippen LogP contribution in [0.4, 0.5) is 10.8 Å². The van der Waals surface area contributed by atoms with Crippen molar-refractivity contribution < 1.29 is 9.53 Å². The molecule has 0 fully saturated rings. The highest BCUT2D eigenvalue weighted by Gasteiger charge is 2.36. The third-order valence-corrected chi connectivity index (χ3v) is 5.34. The number of hydrogen-bond acceptors (Lipinski definition) is 7. The van der Waals surface area contributed by atoms with E-state index in [2.05, 4.69) is 20.3 Å². The molecular formula is C20H16ClN5O2S. The van der Waals surface area contributed by atoms with Gasteiger partial charge in [0.15, 0.2) is 6.04 Å². The van der Waals surface area contributed by atoms with Gasteiger partial charge in [-0.3, -0.25) is 4.79 Å². The third kappa shape index (κ3) is 4.03. The number of rotatable bonds is 5. The van der Waals surface area contributed by atoms with E-state index in [9.17, 15) is 4.79 Å². The van der Waals surface area contributed by atoms with Crippen molar-refractivity contribution in [2.45, 2.75) is 13.0 Å². The smallest absolute Gasteiger partial charge is 0.282 e. The van der Waals surface area contributed by atoms with Gasteiger partial charge in [0.05, 0.1) is 24.2 Å². The van der Waals surface area contributed by atoms with Crippen molar-refractivity contribution in [3.63, 3.8) is 0 Å². The van der Waals surface area contributed by atoms with Crippen molar-refractivity contribution in [3.8, 4) is 17.0 Å². The highest BCUT2D eigenvalue weighted by Crippen LogP contribution is 2.31. The molecule has 9 heteroatoms. The van der Waals surface area contributed by atoms with E-state index in [1.807, 2.05) is 29.6 Å². The number of carbonyl (C=O) groups is 1. The van der Waals surface area contributed by atoms with Crippen LogP contribution in [0.3, 0.4) is 0 Å². The van der Waals surface area contributed by atoms with Crippen LogP contribution in [0.15, 0.2) is 69.2 Å². The minimum Gasteiger partial charge on any atom is -0.497 e. The molecule has 0 bridgehead atoms. The van der Waals surface area contributed by atoms with Gasteiger partial charge in [0.1, 0.15) is 5.75 Å². The molecule has 2 heterocycles. The lowest BCUT2D eigenvalue weighted by Gasteiger charge is -2.08. The topological polar surface area (TPSA) is 79.5 Å². The van der Waals surface area contributed by atoms with Crippen LogP contribution < -0.4 is 9.75 Å². The molecule has 1 unspecified atom stereocenters. The lowest BCUT2D eigenvalue weighted by atomic mass is 10.2. The number of thiazole rings is 1. The lowest BCUT2D eigenvalue weighted by molar-refractivity contribution is -0.117. The lowest BCUT2D eigenvalue weighted by Crippen LogP contribution is -2.29. The molecule has 0 N–H and O–H groups in total. The normalized spacial score (nSPS) is 16.5. The Kier molecular flexibility index (Phi) is 5.37. The Morgan fingerprint density at radius 3 is 2.55 bits per heavy atom. The summed E-state index contributed by atoms with van der Waals surface area (Å²) in [6, 6.07) is 13.7. The van der Waals surface area contributed by atoms with E-state index in [0.717, 1.165) is 17.0 Å². The zero-order valence-electron chi connectivity index (χ0n) is 15.6. The summed E-state index contributed by atoms with van der Waals surface area (Å²) in [7, 11) is 1.62. The van der Waals surface area contributed by atoms with Gasteiger partial charge in [-0.1, -0.05) is 11.6 Å². The standard InChI is InChI=1S/C20H16ClN5O2S/c1-12-18(24-23-15-7-5-14(21)6-8-15)19(27)26(25-12)20-22-17(11-29-20)13-3-9-16(28-2)10-4-13/h3-11,18H,1-2H3. The van der Waals surface area contributed by atoms with Crippen molar-refractivity contribution in [2.75, 3.05) is 12.1 Å². The van der Waals surface area contributed by atoms with Gasteiger partial charge in [0, 0.05) is 16.0 Å². The Hall–Kier alpha value is -3.10. The summed E-state index contributed by atoms with van der Waals surface area (Å²) in [6.45, 7) is 1.75. The second-order valence-electron chi connectivity index (χ2n) is 6.23. The number of aromatic nitrogens is 1. The fourth-order valence-corrected chi connectivity index (χ4v) is 3.63. The van der Waals surface area contributed by atoms with Gasteiger partial charge in [-0.05, 0) is 55.5 Å². The van der Waals surface area contributed by atoms with Crippen LogP contribution in [0.2, 0.25) is 5.02 Å². The second kappa shape index (κ2) is 8.10. The predicted molar refractivity (Wildman–Crippen MR) is 114 cm³/mol. The minimum absolute atomic E-state index is 0.282. The first kappa shape index (κ1) is 19.2. The Morgan fingerprint density at radius 1 is 1.14 bits per heavy atom. The average Bonchev–Trinajstić information content (AvgIpc) is 3.33. The molecule has 3 aromatic rings. The fraction of sp³-hybridized carbons (Fsp3) is 0.150. The summed E-state index contributed by atoms with van der Waals surface area (Å²) >= 11 is 7.21. The Morgan fingerprint density at radius 2 is 1.86 bits per heavy atom. The monoisotopic (exact) mass is 425 g/mol. The minimum atomic E-state index is -0.765. The Balaban J connectivity index is 1.52. The molecule has 2 aromatic carbocycles. The van der Waals surface area contributed by atoms with Crippen molar-refractivity contribution >= 4 is 45.4 Å². The van der Waals surface area contributed by atoms with E-state index in [-0.39, 0.29) is 5.91 Å². The maximum Gasteiger partial charge on any atom is 0.282 e. The number of halogens is 1. The molecule has 1 amide bonds. The quantitative estimate of drug-likeness (QED) is 0.517. The second-order valence-corrected chi connectivity index (χ2v) is 7.50. The van der Waals surface area contributed by atoms with Gasteiger partial charge in [0.25, 0.3) is 5.91 Å². The zero-order valence-corrected chi connectivity index (χ0v) is 17.2. The van der Waals surface area contributed by atoms with Crippen LogP contribution >= 0.6 is 22.9 Å². The molecule has 1 atom stereocenters. The van der Waals surface area contributed by atoms with E-state index in [4.69, 9.17) is 16.3 Å². The molecule has 146 valence electrons. The zero-order chi connectivity index (χ0) is 20.4. The molecule has 7 nitrogen and oxygen atoms in total. The summed E-state index contributed by atoms with van der Waals surface area (Å²) in [5.74, 6) is 0.490. The van der Waals surface area contributed by atoms with Gasteiger partial charge in [-0.15, -0.1) is 11.3 Å². The summed E-state index contributed by atoms with van der Waals surface area (Å²) in [4.78, 5) is 17.4. The van der Waals surface area contributed by atoms with Crippen molar-refractivity contribution in [1.82, 2.24) is 4.98 Å². The largest absolute Gasteiger partial charge is 0.497 e.